The Hall–Kier alpha value is -1.11. The summed E-state index contributed by atoms with van der Waals surface area (Å²) >= 11 is 0. The molecule has 0 aromatic heterocycles. The Kier molecular flexibility index (Phi) is 4.44. The van der Waals surface area contributed by atoms with Gasteiger partial charge in [-0.25, -0.2) is 13.1 Å². The summed E-state index contributed by atoms with van der Waals surface area (Å²) in [6.45, 7) is 3.37. The van der Waals surface area contributed by atoms with E-state index < -0.39 is 10.0 Å². The first-order chi connectivity index (χ1) is 9.04. The number of benzene rings is 1. The van der Waals surface area contributed by atoms with E-state index in [0.717, 1.165) is 19.4 Å². The molecule has 19 heavy (non-hydrogen) atoms. The SMILES string of the molecule is CCNS(=O)(=O)c1ccccc1N1CCCC(O)C1. The lowest BCUT2D eigenvalue weighted by atomic mass is 10.1. The molecule has 1 unspecified atom stereocenters. The molecule has 6 heteroatoms. The van der Waals surface area contributed by atoms with Crippen LogP contribution in [0, 0.1) is 0 Å². The molecule has 2 N–H and O–H groups in total. The first-order valence-electron chi connectivity index (χ1n) is 6.56. The van der Waals surface area contributed by atoms with E-state index in [2.05, 4.69) is 4.72 Å². The van der Waals surface area contributed by atoms with Gasteiger partial charge in [-0.2, -0.15) is 0 Å². The number of para-hydroxylation sites is 1. The molecule has 1 atom stereocenters. The molecule has 0 bridgehead atoms. The number of aliphatic hydroxyl groups is 1. The third-order valence-electron chi connectivity index (χ3n) is 3.23. The Balaban J connectivity index is 2.36. The fraction of sp³-hybridized carbons (Fsp3) is 0.538. The maximum atomic E-state index is 12.2. The number of β-amino-alcohol motifs (C(OH)–C–C–N with tert-alkyl or cyclic N) is 1. The van der Waals surface area contributed by atoms with Crippen molar-refractivity contribution in [1.82, 2.24) is 4.72 Å². The summed E-state index contributed by atoms with van der Waals surface area (Å²) in [6.07, 6.45) is 1.26. The summed E-state index contributed by atoms with van der Waals surface area (Å²) < 4.78 is 26.9. The van der Waals surface area contributed by atoms with Crippen molar-refractivity contribution in [2.24, 2.45) is 0 Å². The Labute approximate surface area is 114 Å². The quantitative estimate of drug-likeness (QED) is 0.863. The van der Waals surface area contributed by atoms with Crippen molar-refractivity contribution in [3.63, 3.8) is 0 Å². The molecule has 1 aliphatic rings. The number of hydrogen-bond acceptors (Lipinski definition) is 4. The van der Waals surface area contributed by atoms with Gasteiger partial charge in [0.1, 0.15) is 4.90 Å². The van der Waals surface area contributed by atoms with Gasteiger partial charge < -0.3 is 10.0 Å². The highest BCUT2D eigenvalue weighted by atomic mass is 32.2. The van der Waals surface area contributed by atoms with E-state index in [4.69, 9.17) is 0 Å². The van der Waals surface area contributed by atoms with Crippen molar-refractivity contribution >= 4 is 15.7 Å². The molecule has 0 radical (unpaired) electrons. The molecule has 0 amide bonds. The smallest absolute Gasteiger partial charge is 0.242 e. The highest BCUT2D eigenvalue weighted by Crippen LogP contribution is 2.27. The minimum absolute atomic E-state index is 0.283. The van der Waals surface area contributed by atoms with Crippen LogP contribution in [0.3, 0.4) is 0 Å². The molecule has 1 fully saturated rings. The average molecular weight is 284 g/mol. The van der Waals surface area contributed by atoms with Gasteiger partial charge in [-0.15, -0.1) is 0 Å². The largest absolute Gasteiger partial charge is 0.391 e. The van der Waals surface area contributed by atoms with Gasteiger partial charge in [-0.3, -0.25) is 0 Å². The number of hydrogen-bond donors (Lipinski definition) is 2. The van der Waals surface area contributed by atoms with Crippen LogP contribution < -0.4 is 9.62 Å². The monoisotopic (exact) mass is 284 g/mol. The molecule has 2 rings (SSSR count). The highest BCUT2D eigenvalue weighted by Gasteiger charge is 2.24. The number of aliphatic hydroxyl groups excluding tert-OH is 1. The zero-order chi connectivity index (χ0) is 13.9. The van der Waals surface area contributed by atoms with Crippen LogP contribution in [0.4, 0.5) is 5.69 Å². The third-order valence-corrected chi connectivity index (χ3v) is 4.82. The fourth-order valence-electron chi connectivity index (χ4n) is 2.39. The van der Waals surface area contributed by atoms with Crippen LogP contribution in [0.25, 0.3) is 0 Å². The topological polar surface area (TPSA) is 69.6 Å². The molecule has 1 saturated heterocycles. The summed E-state index contributed by atoms with van der Waals surface area (Å²) in [5.41, 5.74) is 0.669. The van der Waals surface area contributed by atoms with Crippen molar-refractivity contribution in [1.29, 1.82) is 0 Å². The first-order valence-corrected chi connectivity index (χ1v) is 8.04. The lowest BCUT2D eigenvalue weighted by molar-refractivity contribution is 0.154. The van der Waals surface area contributed by atoms with E-state index in [0.29, 0.717) is 18.8 Å². The molecule has 5 nitrogen and oxygen atoms in total. The predicted molar refractivity (Wildman–Crippen MR) is 74.8 cm³/mol. The number of sulfonamides is 1. The second-order valence-electron chi connectivity index (χ2n) is 4.71. The Morgan fingerprint density at radius 3 is 2.84 bits per heavy atom. The lowest BCUT2D eigenvalue weighted by Crippen LogP contribution is -2.39. The number of nitrogens with one attached hydrogen (secondary N) is 1. The van der Waals surface area contributed by atoms with E-state index >= 15 is 0 Å². The van der Waals surface area contributed by atoms with E-state index in [1.165, 1.54) is 0 Å². The zero-order valence-corrected chi connectivity index (χ0v) is 11.9. The van der Waals surface area contributed by atoms with Crippen molar-refractivity contribution < 1.29 is 13.5 Å². The second kappa shape index (κ2) is 5.90. The molecule has 1 aromatic carbocycles. The van der Waals surface area contributed by atoms with Gasteiger partial charge in [0.05, 0.1) is 11.8 Å². The molecule has 106 valence electrons. The van der Waals surface area contributed by atoms with Crippen LogP contribution in [0.1, 0.15) is 19.8 Å². The van der Waals surface area contributed by atoms with Gasteiger partial charge >= 0.3 is 0 Å². The normalized spacial score (nSPS) is 20.5. The van der Waals surface area contributed by atoms with Crippen molar-refractivity contribution in [2.45, 2.75) is 30.8 Å². The van der Waals surface area contributed by atoms with E-state index in [1.807, 2.05) is 11.0 Å². The van der Waals surface area contributed by atoms with Crippen LogP contribution in [0.2, 0.25) is 0 Å². The molecule has 1 aromatic rings. The van der Waals surface area contributed by atoms with Crippen LogP contribution in [0.5, 0.6) is 0 Å². The van der Waals surface area contributed by atoms with E-state index in [-0.39, 0.29) is 11.0 Å². The Bertz CT molecular complexity index is 530. The maximum absolute atomic E-state index is 12.2. The lowest BCUT2D eigenvalue weighted by Gasteiger charge is -2.33. The van der Waals surface area contributed by atoms with Crippen LogP contribution >= 0.6 is 0 Å². The molecule has 1 heterocycles. The van der Waals surface area contributed by atoms with Gasteiger partial charge in [0.2, 0.25) is 10.0 Å². The number of rotatable bonds is 4. The molecule has 0 saturated carbocycles. The van der Waals surface area contributed by atoms with Crippen molar-refractivity contribution in [2.75, 3.05) is 24.5 Å². The molecule has 1 aliphatic heterocycles. The Morgan fingerprint density at radius 2 is 2.16 bits per heavy atom. The minimum Gasteiger partial charge on any atom is -0.391 e. The van der Waals surface area contributed by atoms with E-state index in [1.54, 1.807) is 25.1 Å². The minimum atomic E-state index is -3.48. The summed E-state index contributed by atoms with van der Waals surface area (Å²) in [4.78, 5) is 2.23. The van der Waals surface area contributed by atoms with Gasteiger partial charge in [-0.1, -0.05) is 19.1 Å². The number of anilines is 1. The van der Waals surface area contributed by atoms with Gasteiger partial charge in [0, 0.05) is 19.6 Å². The van der Waals surface area contributed by atoms with Crippen molar-refractivity contribution in [3.05, 3.63) is 24.3 Å². The molecular formula is C13H20N2O3S. The average Bonchev–Trinajstić information content (AvgIpc) is 2.39. The van der Waals surface area contributed by atoms with Gasteiger partial charge in [0.25, 0.3) is 0 Å². The second-order valence-corrected chi connectivity index (χ2v) is 6.45. The number of piperidine rings is 1. The van der Waals surface area contributed by atoms with Crippen LogP contribution in [0.15, 0.2) is 29.2 Å². The fourth-order valence-corrected chi connectivity index (χ4v) is 3.65. The van der Waals surface area contributed by atoms with Gasteiger partial charge in [0.15, 0.2) is 0 Å². The zero-order valence-electron chi connectivity index (χ0n) is 11.0. The summed E-state index contributed by atoms with van der Waals surface area (Å²) in [5.74, 6) is 0. The highest BCUT2D eigenvalue weighted by molar-refractivity contribution is 7.89. The molecular weight excluding hydrogens is 264 g/mol. The molecule has 0 spiro atoms. The predicted octanol–water partition coefficient (Wildman–Crippen LogP) is 0.946. The van der Waals surface area contributed by atoms with E-state index in [9.17, 15) is 13.5 Å². The third kappa shape index (κ3) is 3.26. The summed E-state index contributed by atoms with van der Waals surface area (Å²) in [7, 11) is -3.48. The molecule has 0 aliphatic carbocycles. The van der Waals surface area contributed by atoms with Crippen LogP contribution in [-0.2, 0) is 10.0 Å². The number of nitrogens with zero attached hydrogens (tertiary/aromatic N) is 1. The summed E-state index contributed by atoms with van der Waals surface area (Å²) in [6, 6.07) is 6.94. The first kappa shape index (κ1) is 14.3. The summed E-state index contributed by atoms with van der Waals surface area (Å²) in [5, 5.41) is 9.73. The standard InChI is InChI=1S/C13H20N2O3S/c1-2-14-19(17,18)13-8-4-3-7-12(13)15-9-5-6-11(16)10-15/h3-4,7-8,11,14,16H,2,5-6,9-10H2,1H3. The maximum Gasteiger partial charge on any atom is 0.242 e. The van der Waals surface area contributed by atoms with Gasteiger partial charge in [-0.05, 0) is 25.0 Å². The van der Waals surface area contributed by atoms with Crippen molar-refractivity contribution in [3.8, 4) is 0 Å². The Morgan fingerprint density at radius 1 is 1.42 bits per heavy atom. The van der Waals surface area contributed by atoms with Crippen LogP contribution in [-0.4, -0.2) is 39.3 Å².